The predicted molar refractivity (Wildman–Crippen MR) is 172 cm³/mol. The number of rotatable bonds is 12. The van der Waals surface area contributed by atoms with Crippen LogP contribution in [0, 0.1) is 12.8 Å². The molecule has 0 fully saturated rings. The first-order valence-electron chi connectivity index (χ1n) is 15.2. The number of phenolic OH excluding ortho intramolecular Hbond substituents is 1. The zero-order valence-electron chi connectivity index (χ0n) is 26.6. The minimum atomic E-state index is -1.01. The molecule has 0 aromatic heterocycles. The Balaban J connectivity index is 2.06. The zero-order valence-corrected chi connectivity index (χ0v) is 26.6. The Morgan fingerprint density at radius 2 is 1.65 bits per heavy atom. The molecule has 3 rings (SSSR count). The Morgan fingerprint density at radius 3 is 2.28 bits per heavy atom. The summed E-state index contributed by atoms with van der Waals surface area (Å²) in [5.74, 6) is -0.557. The van der Waals surface area contributed by atoms with Crippen molar-refractivity contribution in [2.24, 2.45) is 5.92 Å². The zero-order chi connectivity index (χ0) is 31.7. The van der Waals surface area contributed by atoms with Crippen LogP contribution in [0.25, 0.3) is 10.8 Å². The van der Waals surface area contributed by atoms with E-state index in [0.29, 0.717) is 36.2 Å². The van der Waals surface area contributed by atoms with Crippen LogP contribution in [0.5, 0.6) is 5.75 Å². The van der Waals surface area contributed by atoms with Gasteiger partial charge in [-0.1, -0.05) is 70.0 Å². The number of carbonyl (C=O) groups is 3. The summed E-state index contributed by atoms with van der Waals surface area (Å²) >= 11 is 0. The van der Waals surface area contributed by atoms with Crippen molar-refractivity contribution in [3.63, 3.8) is 0 Å². The van der Waals surface area contributed by atoms with Gasteiger partial charge >= 0.3 is 6.09 Å². The number of amides is 3. The van der Waals surface area contributed by atoms with E-state index in [0.717, 1.165) is 23.6 Å². The van der Waals surface area contributed by atoms with Crippen LogP contribution in [-0.2, 0) is 14.3 Å². The lowest BCUT2D eigenvalue weighted by atomic mass is 9.97. The van der Waals surface area contributed by atoms with Gasteiger partial charge in [-0.25, -0.2) is 4.79 Å². The van der Waals surface area contributed by atoms with Crippen LogP contribution in [0.15, 0.2) is 60.7 Å². The molecule has 0 bridgehead atoms. The summed E-state index contributed by atoms with van der Waals surface area (Å²) in [6, 6.07) is 16.6. The lowest BCUT2D eigenvalue weighted by Gasteiger charge is -2.35. The number of benzene rings is 3. The SMILES string of the molecule is CCCCCN(C(=O)C(CC(C)C)NC(=O)OC(C)(C)C)C(C(=O)Nc1ccc2ccccc2c1)c1ccc(O)c(C)c1. The molecule has 0 aliphatic carbocycles. The molecule has 0 saturated heterocycles. The smallest absolute Gasteiger partial charge is 0.408 e. The number of aryl methyl sites for hydroxylation is 1. The normalized spacial score (nSPS) is 12.9. The van der Waals surface area contributed by atoms with Gasteiger partial charge in [-0.15, -0.1) is 0 Å². The van der Waals surface area contributed by atoms with Gasteiger partial charge in [0.2, 0.25) is 5.91 Å². The number of hydrogen-bond donors (Lipinski definition) is 3. The van der Waals surface area contributed by atoms with E-state index < -0.39 is 23.8 Å². The second kappa shape index (κ2) is 14.9. The van der Waals surface area contributed by atoms with Crippen LogP contribution in [0.4, 0.5) is 10.5 Å². The third-order valence-electron chi connectivity index (χ3n) is 7.10. The number of aromatic hydroxyl groups is 1. The average molecular weight is 590 g/mol. The van der Waals surface area contributed by atoms with Crippen molar-refractivity contribution in [3.8, 4) is 5.75 Å². The number of carbonyl (C=O) groups excluding carboxylic acids is 3. The Kier molecular flexibility index (Phi) is 11.6. The molecule has 0 radical (unpaired) electrons. The van der Waals surface area contributed by atoms with E-state index in [9.17, 15) is 19.5 Å². The highest BCUT2D eigenvalue weighted by molar-refractivity contribution is 6.00. The molecular formula is C35H47N3O5. The van der Waals surface area contributed by atoms with Crippen LogP contribution < -0.4 is 10.6 Å². The van der Waals surface area contributed by atoms with Crippen molar-refractivity contribution >= 4 is 34.4 Å². The summed E-state index contributed by atoms with van der Waals surface area (Å²) in [4.78, 5) is 43.0. The van der Waals surface area contributed by atoms with Crippen LogP contribution >= 0.6 is 0 Å². The van der Waals surface area contributed by atoms with Crippen LogP contribution in [0.3, 0.4) is 0 Å². The maximum Gasteiger partial charge on any atom is 0.408 e. The van der Waals surface area contributed by atoms with E-state index in [1.165, 1.54) is 0 Å². The molecule has 0 heterocycles. The van der Waals surface area contributed by atoms with Gasteiger partial charge in [-0.2, -0.15) is 0 Å². The van der Waals surface area contributed by atoms with Gasteiger partial charge in [-0.05, 0) is 92.6 Å². The van der Waals surface area contributed by atoms with Crippen molar-refractivity contribution in [1.29, 1.82) is 0 Å². The topological polar surface area (TPSA) is 108 Å². The molecule has 0 saturated carbocycles. The molecule has 2 atom stereocenters. The third kappa shape index (κ3) is 9.73. The monoisotopic (exact) mass is 589 g/mol. The number of phenols is 1. The highest BCUT2D eigenvalue weighted by Gasteiger charge is 2.36. The second-order valence-electron chi connectivity index (χ2n) is 12.6. The highest BCUT2D eigenvalue weighted by Crippen LogP contribution is 2.30. The van der Waals surface area contributed by atoms with Gasteiger partial charge in [-0.3, -0.25) is 9.59 Å². The van der Waals surface area contributed by atoms with E-state index in [1.807, 2.05) is 56.3 Å². The van der Waals surface area contributed by atoms with Crippen molar-refractivity contribution in [2.75, 3.05) is 11.9 Å². The minimum Gasteiger partial charge on any atom is -0.508 e. The van der Waals surface area contributed by atoms with Crippen molar-refractivity contribution in [2.45, 2.75) is 91.8 Å². The fraction of sp³-hybridized carbons (Fsp3) is 0.457. The highest BCUT2D eigenvalue weighted by atomic mass is 16.6. The fourth-order valence-electron chi connectivity index (χ4n) is 5.04. The quantitative estimate of drug-likeness (QED) is 0.190. The Hall–Kier alpha value is -4.07. The van der Waals surface area contributed by atoms with Gasteiger partial charge in [0.1, 0.15) is 23.4 Å². The number of alkyl carbamates (subject to hydrolysis) is 1. The Labute approximate surface area is 255 Å². The second-order valence-corrected chi connectivity index (χ2v) is 12.6. The molecule has 0 aliphatic heterocycles. The van der Waals surface area contributed by atoms with Gasteiger partial charge in [0.25, 0.3) is 5.91 Å². The molecular weight excluding hydrogens is 542 g/mol. The lowest BCUT2D eigenvalue weighted by molar-refractivity contribution is -0.141. The van der Waals surface area contributed by atoms with Gasteiger partial charge in [0.05, 0.1) is 0 Å². The van der Waals surface area contributed by atoms with Gasteiger partial charge in [0.15, 0.2) is 0 Å². The third-order valence-corrected chi connectivity index (χ3v) is 7.10. The number of nitrogens with one attached hydrogen (secondary N) is 2. The molecule has 0 spiro atoms. The molecule has 2 unspecified atom stereocenters. The first-order chi connectivity index (χ1) is 20.3. The molecule has 3 N–H and O–H groups in total. The number of fused-ring (bicyclic) bond motifs is 1. The van der Waals surface area contributed by atoms with Gasteiger partial charge < -0.3 is 25.4 Å². The molecule has 3 aromatic carbocycles. The maximum atomic E-state index is 14.4. The number of hydrogen-bond acceptors (Lipinski definition) is 5. The number of ether oxygens (including phenoxy) is 1. The van der Waals surface area contributed by atoms with Crippen LogP contribution in [0.1, 0.15) is 84.4 Å². The number of nitrogens with zero attached hydrogens (tertiary/aromatic N) is 1. The molecule has 8 nitrogen and oxygen atoms in total. The molecule has 3 amide bonds. The summed E-state index contributed by atoms with van der Waals surface area (Å²) in [7, 11) is 0. The van der Waals surface area contributed by atoms with Crippen LogP contribution in [0.2, 0.25) is 0 Å². The summed E-state index contributed by atoms with van der Waals surface area (Å²) in [5, 5.41) is 18.1. The molecule has 232 valence electrons. The van der Waals surface area contributed by atoms with E-state index in [-0.39, 0.29) is 23.5 Å². The predicted octanol–water partition coefficient (Wildman–Crippen LogP) is 7.49. The standard InChI is InChI=1S/C35H47N3O5/c1-8-9-12-19-38(33(41)29(20-23(2)3)37-34(42)43-35(5,6)7)31(27-16-18-30(39)24(4)21-27)32(40)36-28-17-15-25-13-10-11-14-26(25)22-28/h10-11,13-18,21-23,29,31,39H,8-9,12,19-20H2,1-7H3,(H,36,40)(H,37,42). The fourth-order valence-corrected chi connectivity index (χ4v) is 5.04. The van der Waals surface area contributed by atoms with Crippen molar-refractivity contribution < 1.29 is 24.2 Å². The van der Waals surface area contributed by atoms with E-state index in [4.69, 9.17) is 4.74 Å². The van der Waals surface area contributed by atoms with Gasteiger partial charge in [0, 0.05) is 12.2 Å². The number of anilines is 1. The van der Waals surface area contributed by atoms with E-state index in [1.54, 1.807) is 50.8 Å². The van der Waals surface area contributed by atoms with E-state index >= 15 is 0 Å². The molecule has 8 heteroatoms. The minimum absolute atomic E-state index is 0.0853. The molecule has 43 heavy (non-hydrogen) atoms. The molecule has 0 aliphatic rings. The Bertz CT molecular complexity index is 1410. The first kappa shape index (κ1) is 33.4. The van der Waals surface area contributed by atoms with Crippen molar-refractivity contribution in [3.05, 3.63) is 71.8 Å². The Morgan fingerprint density at radius 1 is 0.953 bits per heavy atom. The largest absolute Gasteiger partial charge is 0.508 e. The molecule has 3 aromatic rings. The lowest BCUT2D eigenvalue weighted by Crippen LogP contribution is -2.53. The average Bonchev–Trinajstić information content (AvgIpc) is 2.92. The summed E-state index contributed by atoms with van der Waals surface area (Å²) < 4.78 is 5.49. The summed E-state index contributed by atoms with van der Waals surface area (Å²) in [6.07, 6.45) is 2.17. The summed E-state index contributed by atoms with van der Waals surface area (Å²) in [6.45, 7) is 13.4. The van der Waals surface area contributed by atoms with E-state index in [2.05, 4.69) is 17.6 Å². The van der Waals surface area contributed by atoms with Crippen molar-refractivity contribution in [1.82, 2.24) is 10.2 Å². The van der Waals surface area contributed by atoms with Crippen LogP contribution in [-0.4, -0.2) is 46.1 Å². The first-order valence-corrected chi connectivity index (χ1v) is 15.2. The summed E-state index contributed by atoms with van der Waals surface area (Å²) in [5.41, 5.74) is 1.03. The maximum absolute atomic E-state index is 14.4. The number of unbranched alkanes of at least 4 members (excludes halogenated alkanes) is 2.